The number of hydrogen-bond acceptors (Lipinski definition) is 4. The van der Waals surface area contributed by atoms with Crippen LogP contribution in [0.4, 0.5) is 5.82 Å². The van der Waals surface area contributed by atoms with Crippen LogP contribution in [0.15, 0.2) is 48.8 Å². The van der Waals surface area contributed by atoms with Crippen molar-refractivity contribution in [1.82, 2.24) is 9.55 Å². The van der Waals surface area contributed by atoms with Crippen molar-refractivity contribution in [2.24, 2.45) is 0 Å². The van der Waals surface area contributed by atoms with E-state index in [0.717, 1.165) is 16.9 Å². The van der Waals surface area contributed by atoms with E-state index in [-0.39, 0.29) is 18.2 Å². The predicted molar refractivity (Wildman–Crippen MR) is 103 cm³/mol. The Kier molecular flexibility index (Phi) is 4.49. The molecular formula is C20H18ClN3O3. The van der Waals surface area contributed by atoms with E-state index in [2.05, 4.69) is 10.3 Å². The average molecular weight is 384 g/mol. The number of rotatable bonds is 4. The average Bonchev–Trinajstić information content (AvgIpc) is 3.10. The topological polar surface area (TPSA) is 65.4 Å². The molecule has 2 heterocycles. The van der Waals surface area contributed by atoms with E-state index in [0.29, 0.717) is 22.3 Å². The lowest BCUT2D eigenvalue weighted by Gasteiger charge is -2.25. The quantitative estimate of drug-likeness (QED) is 0.739. The lowest BCUT2D eigenvalue weighted by atomic mass is 9.89. The van der Waals surface area contributed by atoms with Crippen LogP contribution >= 0.6 is 11.6 Å². The van der Waals surface area contributed by atoms with Crippen molar-refractivity contribution < 1.29 is 14.3 Å². The minimum absolute atomic E-state index is 0.0915. The molecule has 0 saturated carbocycles. The number of anilines is 1. The SMILES string of the molecule is COc1cccc([C@@H]2CC(=O)Nc3c2ncn3-c2ccccc2Cl)c1OC. The normalized spacial score (nSPS) is 15.8. The number of carbonyl (C=O) groups excluding carboxylic acids is 1. The van der Waals surface area contributed by atoms with Crippen molar-refractivity contribution in [1.29, 1.82) is 0 Å². The molecule has 2 aromatic carbocycles. The Balaban J connectivity index is 1.87. The number of hydrogen-bond donors (Lipinski definition) is 1. The second-order valence-corrected chi connectivity index (χ2v) is 6.59. The minimum Gasteiger partial charge on any atom is -0.493 e. The number of aromatic nitrogens is 2. The number of fused-ring (bicyclic) bond motifs is 1. The molecule has 0 radical (unpaired) electrons. The molecule has 4 rings (SSSR count). The zero-order valence-electron chi connectivity index (χ0n) is 14.9. The summed E-state index contributed by atoms with van der Waals surface area (Å²) in [6, 6.07) is 13.1. The summed E-state index contributed by atoms with van der Waals surface area (Å²) in [5.41, 5.74) is 2.38. The van der Waals surface area contributed by atoms with E-state index in [4.69, 9.17) is 21.1 Å². The number of ether oxygens (including phenoxy) is 2. The van der Waals surface area contributed by atoms with Gasteiger partial charge in [-0.2, -0.15) is 0 Å². The largest absolute Gasteiger partial charge is 0.493 e. The molecule has 0 saturated heterocycles. The van der Waals surface area contributed by atoms with Gasteiger partial charge in [-0.05, 0) is 18.2 Å². The number of methoxy groups -OCH3 is 2. The number of nitrogens with one attached hydrogen (secondary N) is 1. The molecular weight excluding hydrogens is 366 g/mol. The minimum atomic E-state index is -0.248. The number of para-hydroxylation sites is 2. The van der Waals surface area contributed by atoms with Gasteiger partial charge in [-0.15, -0.1) is 0 Å². The van der Waals surface area contributed by atoms with Gasteiger partial charge in [-0.3, -0.25) is 9.36 Å². The van der Waals surface area contributed by atoms with Crippen molar-refractivity contribution in [2.45, 2.75) is 12.3 Å². The van der Waals surface area contributed by atoms with Crippen LogP contribution in [-0.4, -0.2) is 29.7 Å². The molecule has 1 N–H and O–H groups in total. The number of nitrogens with zero attached hydrogens (tertiary/aromatic N) is 2. The van der Waals surface area contributed by atoms with Crippen molar-refractivity contribution in [3.8, 4) is 17.2 Å². The summed E-state index contributed by atoms with van der Waals surface area (Å²) in [7, 11) is 3.18. The fourth-order valence-corrected chi connectivity index (χ4v) is 3.71. The molecule has 1 amide bonds. The Morgan fingerprint density at radius 2 is 1.96 bits per heavy atom. The van der Waals surface area contributed by atoms with E-state index in [1.807, 2.05) is 36.4 Å². The molecule has 3 aromatic rings. The molecule has 1 aliphatic rings. The number of benzene rings is 2. The summed E-state index contributed by atoms with van der Waals surface area (Å²) >= 11 is 6.34. The number of halogens is 1. The summed E-state index contributed by atoms with van der Waals surface area (Å²) in [6.07, 6.45) is 1.95. The van der Waals surface area contributed by atoms with E-state index in [1.54, 1.807) is 31.2 Å². The van der Waals surface area contributed by atoms with Gasteiger partial charge in [0, 0.05) is 17.9 Å². The molecule has 0 aliphatic carbocycles. The van der Waals surface area contributed by atoms with Crippen LogP contribution in [-0.2, 0) is 4.79 Å². The molecule has 138 valence electrons. The maximum Gasteiger partial charge on any atom is 0.226 e. The molecule has 1 aliphatic heterocycles. The molecule has 1 aromatic heterocycles. The maximum absolute atomic E-state index is 12.5. The summed E-state index contributed by atoms with van der Waals surface area (Å²) in [6.45, 7) is 0. The first-order valence-electron chi connectivity index (χ1n) is 8.47. The highest BCUT2D eigenvalue weighted by atomic mass is 35.5. The molecule has 0 spiro atoms. The van der Waals surface area contributed by atoms with Gasteiger partial charge in [0.1, 0.15) is 12.1 Å². The van der Waals surface area contributed by atoms with Crippen LogP contribution in [0.2, 0.25) is 5.02 Å². The molecule has 27 heavy (non-hydrogen) atoms. The van der Waals surface area contributed by atoms with E-state index < -0.39 is 0 Å². The van der Waals surface area contributed by atoms with E-state index >= 15 is 0 Å². The Bertz CT molecular complexity index is 1020. The van der Waals surface area contributed by atoms with Crippen LogP contribution in [0.3, 0.4) is 0 Å². The summed E-state index contributed by atoms with van der Waals surface area (Å²) in [4.78, 5) is 17.1. The van der Waals surface area contributed by atoms with Gasteiger partial charge in [0.25, 0.3) is 0 Å². The van der Waals surface area contributed by atoms with Crippen LogP contribution < -0.4 is 14.8 Å². The fourth-order valence-electron chi connectivity index (χ4n) is 3.48. The number of amides is 1. The molecule has 0 bridgehead atoms. The van der Waals surface area contributed by atoms with Crippen LogP contribution in [0, 0.1) is 0 Å². The number of imidazole rings is 1. The zero-order chi connectivity index (χ0) is 19.0. The first kappa shape index (κ1) is 17.4. The van der Waals surface area contributed by atoms with Crippen LogP contribution in [0.25, 0.3) is 5.69 Å². The van der Waals surface area contributed by atoms with Gasteiger partial charge in [0.2, 0.25) is 5.91 Å². The fraction of sp³-hybridized carbons (Fsp3) is 0.200. The molecule has 0 fully saturated rings. The smallest absolute Gasteiger partial charge is 0.226 e. The monoisotopic (exact) mass is 383 g/mol. The Labute approximate surface area is 161 Å². The molecule has 1 atom stereocenters. The Hall–Kier alpha value is -2.99. The summed E-state index contributed by atoms with van der Waals surface area (Å²) in [5, 5.41) is 3.51. The molecule has 0 unspecified atom stereocenters. The standard InChI is InChI=1S/C20H18ClN3O3/c1-26-16-9-5-6-12(19(16)27-2)13-10-17(25)23-20-18(13)22-11-24(20)15-8-4-3-7-14(15)21/h3-9,11,13H,10H2,1-2H3,(H,23,25)/t13-/m0/s1. The molecule has 7 heteroatoms. The lowest BCUT2D eigenvalue weighted by Crippen LogP contribution is -2.25. The third-order valence-corrected chi connectivity index (χ3v) is 5.01. The predicted octanol–water partition coefficient (Wildman–Crippen LogP) is 4.02. The first-order valence-corrected chi connectivity index (χ1v) is 8.84. The maximum atomic E-state index is 12.5. The second kappa shape index (κ2) is 6.96. The van der Waals surface area contributed by atoms with Gasteiger partial charge in [0.15, 0.2) is 11.5 Å². The summed E-state index contributed by atoms with van der Waals surface area (Å²) in [5.74, 6) is 1.51. The lowest BCUT2D eigenvalue weighted by molar-refractivity contribution is -0.116. The third-order valence-electron chi connectivity index (χ3n) is 4.69. The van der Waals surface area contributed by atoms with E-state index in [1.165, 1.54) is 0 Å². The highest BCUT2D eigenvalue weighted by molar-refractivity contribution is 6.32. The van der Waals surface area contributed by atoms with Crippen molar-refractivity contribution in [3.63, 3.8) is 0 Å². The van der Waals surface area contributed by atoms with Crippen molar-refractivity contribution in [3.05, 3.63) is 65.1 Å². The van der Waals surface area contributed by atoms with Gasteiger partial charge >= 0.3 is 0 Å². The first-order chi connectivity index (χ1) is 13.1. The van der Waals surface area contributed by atoms with Gasteiger partial charge in [-0.1, -0.05) is 35.9 Å². The number of carbonyl (C=O) groups is 1. The Morgan fingerprint density at radius 1 is 1.15 bits per heavy atom. The van der Waals surface area contributed by atoms with Gasteiger partial charge in [-0.25, -0.2) is 4.98 Å². The zero-order valence-corrected chi connectivity index (χ0v) is 15.7. The molecule has 6 nitrogen and oxygen atoms in total. The Morgan fingerprint density at radius 3 is 2.70 bits per heavy atom. The highest BCUT2D eigenvalue weighted by Crippen LogP contribution is 2.44. The van der Waals surface area contributed by atoms with Crippen molar-refractivity contribution >= 4 is 23.3 Å². The van der Waals surface area contributed by atoms with Crippen LogP contribution in [0.5, 0.6) is 11.5 Å². The van der Waals surface area contributed by atoms with Crippen LogP contribution in [0.1, 0.15) is 23.6 Å². The van der Waals surface area contributed by atoms with Gasteiger partial charge < -0.3 is 14.8 Å². The second-order valence-electron chi connectivity index (χ2n) is 6.19. The third kappa shape index (κ3) is 2.92. The van der Waals surface area contributed by atoms with Crippen molar-refractivity contribution in [2.75, 3.05) is 19.5 Å². The highest BCUT2D eigenvalue weighted by Gasteiger charge is 2.33. The van der Waals surface area contributed by atoms with Gasteiger partial charge in [0.05, 0.1) is 30.6 Å². The summed E-state index contributed by atoms with van der Waals surface area (Å²) < 4.78 is 12.8. The van der Waals surface area contributed by atoms with E-state index in [9.17, 15) is 4.79 Å².